The van der Waals surface area contributed by atoms with Crippen LogP contribution in [0.15, 0.2) is 34.7 Å². The highest BCUT2D eigenvalue weighted by molar-refractivity contribution is 8.00. The fourth-order valence-electron chi connectivity index (χ4n) is 1.39. The zero-order valence-corrected chi connectivity index (χ0v) is 12.7. The zero-order chi connectivity index (χ0) is 15.7. The minimum atomic E-state index is -5.19. The Hall–Kier alpha value is -0.800. The van der Waals surface area contributed by atoms with Crippen molar-refractivity contribution >= 4 is 34.7 Å². The van der Waals surface area contributed by atoms with Crippen LogP contribution in [0.25, 0.3) is 0 Å². The first-order valence-corrected chi connectivity index (χ1v) is 7.73. The molecule has 1 aromatic carbocycles. The smallest absolute Gasteiger partial charge is 0.353 e. The molecule has 0 radical (unpaired) electrons. The number of halogens is 4. The van der Waals surface area contributed by atoms with E-state index in [9.17, 15) is 13.2 Å². The number of hydrogen-bond acceptors (Lipinski definition) is 5. The van der Waals surface area contributed by atoms with Crippen molar-refractivity contribution in [2.45, 2.75) is 21.9 Å². The molecule has 2 N–H and O–H groups in total. The molecule has 0 aliphatic heterocycles. The standard InChI is InChI=1S/C12H9ClF3NO2S2/c13-8-3-1-2-7(4-8)6-20-9-5-17-10(21-9)11(18,19)12(14,15)16/h1-5,18-19H,6H2. The third-order valence-electron chi connectivity index (χ3n) is 2.45. The molecule has 0 atom stereocenters. The minimum absolute atomic E-state index is 0.446. The zero-order valence-electron chi connectivity index (χ0n) is 10.3. The summed E-state index contributed by atoms with van der Waals surface area (Å²) in [7, 11) is 0. The molecule has 0 aliphatic carbocycles. The van der Waals surface area contributed by atoms with Gasteiger partial charge in [0.25, 0.3) is 0 Å². The lowest BCUT2D eigenvalue weighted by Gasteiger charge is -2.21. The highest BCUT2D eigenvalue weighted by Gasteiger charge is 2.56. The van der Waals surface area contributed by atoms with Gasteiger partial charge in [0.1, 0.15) is 0 Å². The third kappa shape index (κ3) is 3.89. The lowest BCUT2D eigenvalue weighted by molar-refractivity contribution is -0.358. The molecule has 0 spiro atoms. The first-order valence-electron chi connectivity index (χ1n) is 5.55. The summed E-state index contributed by atoms with van der Waals surface area (Å²) in [4.78, 5) is 3.44. The summed E-state index contributed by atoms with van der Waals surface area (Å²) >= 11 is 7.66. The summed E-state index contributed by atoms with van der Waals surface area (Å²) in [5.74, 6) is -3.44. The van der Waals surface area contributed by atoms with Gasteiger partial charge in [-0.1, -0.05) is 23.7 Å². The molecule has 3 nitrogen and oxygen atoms in total. The van der Waals surface area contributed by atoms with Crippen LogP contribution in [0.1, 0.15) is 10.6 Å². The van der Waals surface area contributed by atoms with Gasteiger partial charge >= 0.3 is 12.0 Å². The van der Waals surface area contributed by atoms with Gasteiger partial charge in [-0.25, -0.2) is 4.98 Å². The van der Waals surface area contributed by atoms with Crippen LogP contribution in [0.2, 0.25) is 5.02 Å². The molecule has 0 unspecified atom stereocenters. The van der Waals surface area contributed by atoms with Crippen LogP contribution in [-0.2, 0) is 11.5 Å². The fourth-order valence-corrected chi connectivity index (χ4v) is 3.53. The van der Waals surface area contributed by atoms with Crippen LogP contribution >= 0.6 is 34.7 Å². The molecule has 21 heavy (non-hydrogen) atoms. The van der Waals surface area contributed by atoms with E-state index in [2.05, 4.69) is 4.98 Å². The van der Waals surface area contributed by atoms with E-state index >= 15 is 0 Å². The number of aliphatic hydroxyl groups is 2. The quantitative estimate of drug-likeness (QED) is 0.647. The maximum absolute atomic E-state index is 12.5. The van der Waals surface area contributed by atoms with Crippen molar-refractivity contribution in [2.75, 3.05) is 0 Å². The summed E-state index contributed by atoms with van der Waals surface area (Å²) in [5, 5.41) is 18.0. The average Bonchev–Trinajstić information content (AvgIpc) is 2.84. The number of benzene rings is 1. The lowest BCUT2D eigenvalue weighted by Crippen LogP contribution is -2.41. The molecule has 0 saturated heterocycles. The van der Waals surface area contributed by atoms with Gasteiger partial charge in [-0.15, -0.1) is 23.1 Å². The van der Waals surface area contributed by atoms with Gasteiger partial charge in [0, 0.05) is 10.8 Å². The fraction of sp³-hybridized carbons (Fsp3) is 0.250. The Morgan fingerprint density at radius 2 is 2.00 bits per heavy atom. The first-order chi connectivity index (χ1) is 9.70. The molecule has 114 valence electrons. The van der Waals surface area contributed by atoms with Gasteiger partial charge in [0.2, 0.25) is 0 Å². The van der Waals surface area contributed by atoms with E-state index in [0.29, 0.717) is 26.3 Å². The van der Waals surface area contributed by atoms with E-state index in [1.165, 1.54) is 18.0 Å². The average molecular weight is 356 g/mol. The molecule has 0 bridgehead atoms. The van der Waals surface area contributed by atoms with E-state index in [1.807, 2.05) is 6.07 Å². The van der Waals surface area contributed by atoms with Crippen molar-refractivity contribution in [2.24, 2.45) is 0 Å². The molecular formula is C12H9ClF3NO2S2. The molecule has 2 rings (SSSR count). The second-order valence-electron chi connectivity index (χ2n) is 4.07. The van der Waals surface area contributed by atoms with Crippen LogP contribution in [0.4, 0.5) is 13.2 Å². The van der Waals surface area contributed by atoms with Crippen LogP contribution in [0.3, 0.4) is 0 Å². The predicted octanol–water partition coefficient (Wildman–Crippen LogP) is 3.79. The van der Waals surface area contributed by atoms with Gasteiger partial charge in [-0.3, -0.25) is 0 Å². The van der Waals surface area contributed by atoms with Crippen LogP contribution in [-0.4, -0.2) is 21.4 Å². The molecule has 0 saturated carbocycles. The third-order valence-corrected chi connectivity index (χ3v) is 5.04. The highest BCUT2D eigenvalue weighted by Crippen LogP contribution is 2.40. The van der Waals surface area contributed by atoms with Gasteiger partial charge in [0.05, 0.1) is 10.4 Å². The van der Waals surface area contributed by atoms with Crippen molar-refractivity contribution in [1.29, 1.82) is 0 Å². The predicted molar refractivity (Wildman–Crippen MR) is 75.3 cm³/mol. The molecule has 9 heteroatoms. The maximum atomic E-state index is 12.5. The Bertz CT molecular complexity index is 631. The van der Waals surface area contributed by atoms with E-state index in [4.69, 9.17) is 21.8 Å². The minimum Gasteiger partial charge on any atom is -0.353 e. The van der Waals surface area contributed by atoms with Gasteiger partial charge in [-0.2, -0.15) is 13.2 Å². The van der Waals surface area contributed by atoms with Crippen LogP contribution < -0.4 is 0 Å². The summed E-state index contributed by atoms with van der Waals surface area (Å²) in [6.45, 7) is 0. The molecule has 2 aromatic rings. The van der Waals surface area contributed by atoms with Crippen molar-refractivity contribution in [3.8, 4) is 0 Å². The number of nitrogens with zero attached hydrogens (tertiary/aromatic N) is 1. The van der Waals surface area contributed by atoms with Crippen LogP contribution in [0.5, 0.6) is 0 Å². The number of hydrogen-bond donors (Lipinski definition) is 2. The Kier molecular flexibility index (Phi) is 4.84. The Morgan fingerprint density at radius 1 is 1.29 bits per heavy atom. The highest BCUT2D eigenvalue weighted by atomic mass is 35.5. The van der Waals surface area contributed by atoms with E-state index < -0.39 is 17.0 Å². The topological polar surface area (TPSA) is 53.4 Å². The van der Waals surface area contributed by atoms with Gasteiger partial charge < -0.3 is 10.2 Å². The summed E-state index contributed by atoms with van der Waals surface area (Å²) in [6.07, 6.45) is -4.01. The van der Waals surface area contributed by atoms with Crippen molar-refractivity contribution in [3.05, 3.63) is 46.1 Å². The Labute approximate surface area is 131 Å². The molecule has 1 heterocycles. The normalized spacial score (nSPS) is 12.7. The van der Waals surface area contributed by atoms with Crippen molar-refractivity contribution in [3.63, 3.8) is 0 Å². The largest absolute Gasteiger partial charge is 0.450 e. The summed E-state index contributed by atoms with van der Waals surface area (Å²) in [5.41, 5.74) is 0.900. The van der Waals surface area contributed by atoms with E-state index in [0.717, 1.165) is 5.56 Å². The summed E-state index contributed by atoms with van der Waals surface area (Å²) < 4.78 is 37.9. The van der Waals surface area contributed by atoms with E-state index in [-0.39, 0.29) is 0 Å². The number of alkyl halides is 3. The van der Waals surface area contributed by atoms with Crippen molar-refractivity contribution in [1.82, 2.24) is 4.98 Å². The number of thioether (sulfide) groups is 1. The van der Waals surface area contributed by atoms with Gasteiger partial charge in [0.15, 0.2) is 5.01 Å². The molecule has 0 aliphatic rings. The Morgan fingerprint density at radius 3 is 2.62 bits per heavy atom. The maximum Gasteiger partial charge on any atom is 0.450 e. The summed E-state index contributed by atoms with van der Waals surface area (Å²) in [6, 6.07) is 7.07. The Balaban J connectivity index is 2.07. The number of thiazole rings is 1. The second-order valence-corrected chi connectivity index (χ2v) is 6.82. The monoisotopic (exact) mass is 355 g/mol. The lowest BCUT2D eigenvalue weighted by atomic mass is 10.2. The van der Waals surface area contributed by atoms with Crippen LogP contribution in [0, 0.1) is 0 Å². The van der Waals surface area contributed by atoms with Crippen molar-refractivity contribution < 1.29 is 23.4 Å². The number of rotatable bonds is 4. The SMILES string of the molecule is OC(O)(c1ncc(SCc2cccc(Cl)c2)s1)C(F)(F)F. The van der Waals surface area contributed by atoms with Gasteiger partial charge in [-0.05, 0) is 17.7 Å². The molecular weight excluding hydrogens is 347 g/mol. The molecule has 0 amide bonds. The van der Waals surface area contributed by atoms with E-state index in [1.54, 1.807) is 18.2 Å². The second kappa shape index (κ2) is 6.13. The first kappa shape index (κ1) is 16.6. The molecule has 1 aromatic heterocycles. The number of aromatic nitrogens is 1. The molecule has 0 fully saturated rings.